The lowest BCUT2D eigenvalue weighted by atomic mass is 10.0. The molecular formula is C22H21NO2S. The van der Waals surface area contributed by atoms with Crippen LogP contribution >= 0.6 is 11.3 Å². The maximum absolute atomic E-state index is 11.5. The van der Waals surface area contributed by atoms with E-state index in [1.54, 1.807) is 23.5 Å². The van der Waals surface area contributed by atoms with Crippen LogP contribution in [0.2, 0.25) is 0 Å². The average molecular weight is 363 g/mol. The van der Waals surface area contributed by atoms with E-state index in [-0.39, 0.29) is 5.97 Å². The third-order valence-electron chi connectivity index (χ3n) is 4.73. The molecule has 0 bridgehead atoms. The molecule has 2 aromatic carbocycles. The highest BCUT2D eigenvalue weighted by molar-refractivity contribution is 7.10. The highest BCUT2D eigenvalue weighted by Gasteiger charge is 2.24. The minimum absolute atomic E-state index is 0.306. The number of nitrogens with zero attached hydrogens (tertiary/aromatic N) is 1. The quantitative estimate of drug-likeness (QED) is 0.572. The van der Waals surface area contributed by atoms with Crippen molar-refractivity contribution in [3.8, 4) is 11.3 Å². The lowest BCUT2D eigenvalue weighted by Gasteiger charge is -2.05. The summed E-state index contributed by atoms with van der Waals surface area (Å²) in [4.78, 5) is 16.4. The summed E-state index contributed by atoms with van der Waals surface area (Å²) in [5, 5.41) is 3.23. The molecule has 0 unspecified atom stereocenters. The Kier molecular flexibility index (Phi) is 4.60. The van der Waals surface area contributed by atoms with Gasteiger partial charge in [0.25, 0.3) is 0 Å². The number of carbonyl (C=O) groups is 1. The van der Waals surface area contributed by atoms with E-state index in [9.17, 15) is 4.79 Å². The van der Waals surface area contributed by atoms with Gasteiger partial charge in [-0.15, -0.1) is 11.3 Å². The first-order chi connectivity index (χ1) is 12.6. The Balaban J connectivity index is 1.52. The van der Waals surface area contributed by atoms with Crippen LogP contribution in [-0.4, -0.2) is 18.1 Å². The van der Waals surface area contributed by atoms with Gasteiger partial charge in [-0.25, -0.2) is 9.78 Å². The number of hydrogen-bond acceptors (Lipinski definition) is 4. The number of benzene rings is 2. The van der Waals surface area contributed by atoms with E-state index < -0.39 is 0 Å². The summed E-state index contributed by atoms with van der Waals surface area (Å²) in [6.45, 7) is 2.16. The lowest BCUT2D eigenvalue weighted by Crippen LogP contribution is -2.00. The molecule has 0 amide bonds. The Hall–Kier alpha value is -2.46. The number of thiazole rings is 1. The van der Waals surface area contributed by atoms with Crippen molar-refractivity contribution in [3.63, 3.8) is 0 Å². The summed E-state index contributed by atoms with van der Waals surface area (Å²) in [7, 11) is 1.40. The first-order valence-corrected chi connectivity index (χ1v) is 9.74. The molecule has 3 aromatic rings. The Bertz CT molecular complexity index is 939. The van der Waals surface area contributed by atoms with E-state index in [1.807, 2.05) is 12.1 Å². The van der Waals surface area contributed by atoms with Crippen molar-refractivity contribution in [1.82, 2.24) is 4.98 Å². The third kappa shape index (κ3) is 3.70. The zero-order chi connectivity index (χ0) is 18.1. The zero-order valence-electron chi connectivity index (χ0n) is 15.0. The van der Waals surface area contributed by atoms with Crippen LogP contribution < -0.4 is 0 Å². The molecule has 0 radical (unpaired) electrons. The fourth-order valence-corrected chi connectivity index (χ4v) is 4.03. The van der Waals surface area contributed by atoms with E-state index in [2.05, 4.69) is 30.5 Å². The molecule has 1 aliphatic rings. The fraction of sp³-hybridized carbons (Fsp3) is 0.273. The molecule has 26 heavy (non-hydrogen) atoms. The highest BCUT2D eigenvalue weighted by Crippen LogP contribution is 2.41. The molecule has 4 heteroatoms. The van der Waals surface area contributed by atoms with Crippen molar-refractivity contribution in [3.05, 3.63) is 75.1 Å². The molecule has 1 heterocycles. The normalized spacial score (nSPS) is 13.6. The zero-order valence-corrected chi connectivity index (χ0v) is 15.8. The molecule has 0 atom stereocenters. The summed E-state index contributed by atoms with van der Waals surface area (Å²) in [6.07, 6.45) is 3.40. The van der Waals surface area contributed by atoms with Gasteiger partial charge in [-0.1, -0.05) is 23.8 Å². The second-order valence-electron chi connectivity index (χ2n) is 6.90. The number of esters is 1. The van der Waals surface area contributed by atoms with Crippen LogP contribution in [0.15, 0.2) is 47.8 Å². The largest absolute Gasteiger partial charge is 0.465 e. The average Bonchev–Trinajstić information content (AvgIpc) is 3.41. The second-order valence-corrected chi connectivity index (χ2v) is 7.84. The van der Waals surface area contributed by atoms with Crippen LogP contribution in [0.1, 0.15) is 50.8 Å². The van der Waals surface area contributed by atoms with Crippen molar-refractivity contribution in [2.24, 2.45) is 0 Å². The Morgan fingerprint density at radius 2 is 1.96 bits per heavy atom. The molecule has 1 fully saturated rings. The van der Waals surface area contributed by atoms with Crippen LogP contribution in [0.3, 0.4) is 0 Å². The van der Waals surface area contributed by atoms with Crippen molar-refractivity contribution < 1.29 is 9.53 Å². The third-order valence-corrected chi connectivity index (χ3v) is 5.58. The molecule has 0 N–H and O–H groups in total. The molecule has 0 aliphatic heterocycles. The number of aromatic nitrogens is 1. The number of rotatable bonds is 5. The van der Waals surface area contributed by atoms with Crippen molar-refractivity contribution >= 4 is 17.3 Å². The highest BCUT2D eigenvalue weighted by atomic mass is 32.1. The van der Waals surface area contributed by atoms with Gasteiger partial charge in [-0.2, -0.15) is 0 Å². The summed E-state index contributed by atoms with van der Waals surface area (Å²) < 4.78 is 4.74. The van der Waals surface area contributed by atoms with E-state index in [0.717, 1.165) is 28.6 Å². The molecular weight excluding hydrogens is 342 g/mol. The van der Waals surface area contributed by atoms with E-state index >= 15 is 0 Å². The molecule has 4 rings (SSSR count). The number of ether oxygens (including phenoxy) is 1. The number of carbonyl (C=O) groups excluding carboxylic acids is 1. The van der Waals surface area contributed by atoms with Gasteiger partial charge in [-0.05, 0) is 61.1 Å². The second kappa shape index (κ2) is 7.04. The summed E-state index contributed by atoms with van der Waals surface area (Å²) in [6, 6.07) is 14.4. The monoisotopic (exact) mass is 363 g/mol. The van der Waals surface area contributed by atoms with Crippen molar-refractivity contribution in [2.75, 3.05) is 7.11 Å². The van der Waals surface area contributed by atoms with E-state index in [1.165, 1.54) is 36.6 Å². The first-order valence-electron chi connectivity index (χ1n) is 8.86. The maximum Gasteiger partial charge on any atom is 0.337 e. The standard InChI is InChI=1S/C22H21NO2S/c1-14-9-18(16-7-8-16)12-19(10-14)20-13-26-21(23-20)11-15-3-5-17(6-4-15)22(24)25-2/h3-6,9-10,12-13,16H,7-8,11H2,1-2H3. The summed E-state index contributed by atoms with van der Waals surface area (Å²) in [5.41, 5.74) is 6.74. The number of hydrogen-bond donors (Lipinski definition) is 0. The topological polar surface area (TPSA) is 39.2 Å². The van der Waals surface area contributed by atoms with Gasteiger partial charge in [0, 0.05) is 17.4 Å². The van der Waals surface area contributed by atoms with Crippen molar-refractivity contribution in [1.29, 1.82) is 0 Å². The van der Waals surface area contributed by atoms with E-state index in [4.69, 9.17) is 9.72 Å². The Morgan fingerprint density at radius 1 is 1.19 bits per heavy atom. The van der Waals surface area contributed by atoms with Gasteiger partial charge in [0.15, 0.2) is 0 Å². The smallest absolute Gasteiger partial charge is 0.337 e. The van der Waals surface area contributed by atoms with Gasteiger partial charge in [-0.3, -0.25) is 0 Å². The predicted octanol–water partition coefficient (Wildman–Crippen LogP) is 5.37. The fourth-order valence-electron chi connectivity index (χ4n) is 3.19. The van der Waals surface area contributed by atoms with Gasteiger partial charge < -0.3 is 4.74 Å². The molecule has 3 nitrogen and oxygen atoms in total. The molecule has 0 saturated heterocycles. The van der Waals surface area contributed by atoms with Crippen LogP contribution in [0.4, 0.5) is 0 Å². The Labute approximate surface area is 157 Å². The minimum Gasteiger partial charge on any atom is -0.465 e. The minimum atomic E-state index is -0.306. The first kappa shape index (κ1) is 17.0. The number of aryl methyl sites for hydroxylation is 1. The van der Waals surface area contributed by atoms with Gasteiger partial charge in [0.05, 0.1) is 23.4 Å². The van der Waals surface area contributed by atoms with Crippen LogP contribution in [0.25, 0.3) is 11.3 Å². The molecule has 1 aliphatic carbocycles. The lowest BCUT2D eigenvalue weighted by molar-refractivity contribution is 0.0600. The Morgan fingerprint density at radius 3 is 2.65 bits per heavy atom. The molecule has 132 valence electrons. The SMILES string of the molecule is COC(=O)c1ccc(Cc2nc(-c3cc(C)cc(C4CC4)c3)cs2)cc1. The van der Waals surface area contributed by atoms with Gasteiger partial charge in [0.2, 0.25) is 0 Å². The van der Waals surface area contributed by atoms with Gasteiger partial charge in [0.1, 0.15) is 0 Å². The van der Waals surface area contributed by atoms with Crippen LogP contribution in [0.5, 0.6) is 0 Å². The molecule has 0 spiro atoms. The maximum atomic E-state index is 11.5. The van der Waals surface area contributed by atoms with Gasteiger partial charge >= 0.3 is 5.97 Å². The van der Waals surface area contributed by atoms with Crippen LogP contribution in [0, 0.1) is 6.92 Å². The molecule has 1 aromatic heterocycles. The van der Waals surface area contributed by atoms with Crippen molar-refractivity contribution in [2.45, 2.75) is 32.1 Å². The predicted molar refractivity (Wildman–Crippen MR) is 105 cm³/mol. The van der Waals surface area contributed by atoms with E-state index in [0.29, 0.717) is 5.56 Å². The summed E-state index contributed by atoms with van der Waals surface area (Å²) in [5.74, 6) is 0.444. The molecule has 1 saturated carbocycles. The summed E-state index contributed by atoms with van der Waals surface area (Å²) >= 11 is 1.69. The number of methoxy groups -OCH3 is 1. The van der Waals surface area contributed by atoms with Crippen LogP contribution in [-0.2, 0) is 11.2 Å².